The van der Waals surface area contributed by atoms with E-state index in [1.807, 2.05) is 6.92 Å². The minimum Gasteiger partial charge on any atom is -0.461 e. The summed E-state index contributed by atoms with van der Waals surface area (Å²) in [4.78, 5) is 10.7. The van der Waals surface area contributed by atoms with Gasteiger partial charge in [0.25, 0.3) is 6.43 Å². The van der Waals surface area contributed by atoms with E-state index in [0.29, 0.717) is 43.0 Å². The third kappa shape index (κ3) is 5.75. The van der Waals surface area contributed by atoms with Crippen LogP contribution in [0.15, 0.2) is 27.8 Å². The molecule has 0 radical (unpaired) electrons. The molecular formula is C17H25F2N7O. The molecule has 0 atom stereocenters. The van der Waals surface area contributed by atoms with Gasteiger partial charge >= 0.3 is 0 Å². The highest BCUT2D eigenvalue weighted by atomic mass is 19.3. The summed E-state index contributed by atoms with van der Waals surface area (Å²) in [7, 11) is 0. The molecule has 0 amide bonds. The molecule has 1 fully saturated rings. The van der Waals surface area contributed by atoms with Gasteiger partial charge in [0.15, 0.2) is 11.7 Å². The highest BCUT2D eigenvalue weighted by molar-refractivity contribution is 5.80. The molecule has 0 aliphatic carbocycles. The van der Waals surface area contributed by atoms with Gasteiger partial charge in [-0.3, -0.25) is 10.00 Å². The lowest BCUT2D eigenvalue weighted by Gasteiger charge is -2.32. The molecule has 10 heteroatoms. The van der Waals surface area contributed by atoms with E-state index in [1.165, 1.54) is 0 Å². The number of furan rings is 1. The highest BCUT2D eigenvalue weighted by Crippen LogP contribution is 2.15. The van der Waals surface area contributed by atoms with Gasteiger partial charge in [-0.2, -0.15) is 0 Å². The zero-order valence-electron chi connectivity index (χ0n) is 15.3. The Labute approximate surface area is 156 Å². The quantitative estimate of drug-likeness (QED) is 0.501. The van der Waals surface area contributed by atoms with E-state index in [-0.39, 0.29) is 12.6 Å². The molecule has 1 aliphatic heterocycles. The van der Waals surface area contributed by atoms with Crippen LogP contribution in [0.25, 0.3) is 11.6 Å². The van der Waals surface area contributed by atoms with Crippen LogP contribution in [0.1, 0.15) is 25.6 Å². The van der Waals surface area contributed by atoms with Crippen molar-refractivity contribution in [1.82, 2.24) is 30.7 Å². The molecule has 3 heterocycles. The van der Waals surface area contributed by atoms with E-state index < -0.39 is 6.43 Å². The van der Waals surface area contributed by atoms with Crippen molar-refractivity contribution in [3.8, 4) is 11.6 Å². The fraction of sp³-hybridized carbons (Fsp3) is 0.588. The Hall–Kier alpha value is -2.49. The molecule has 0 aromatic carbocycles. The summed E-state index contributed by atoms with van der Waals surface area (Å²) in [5.41, 5.74) is 0. The van der Waals surface area contributed by atoms with Crippen LogP contribution in [0, 0.1) is 0 Å². The maximum atomic E-state index is 12.5. The van der Waals surface area contributed by atoms with Gasteiger partial charge in [-0.15, -0.1) is 5.10 Å². The fourth-order valence-electron chi connectivity index (χ4n) is 3.00. The third-order valence-corrected chi connectivity index (χ3v) is 4.33. The van der Waals surface area contributed by atoms with Crippen molar-refractivity contribution in [2.24, 2.45) is 4.99 Å². The lowest BCUT2D eigenvalue weighted by Crippen LogP contribution is -2.49. The maximum Gasteiger partial charge on any atom is 0.251 e. The number of hydrogen-bond acceptors (Lipinski definition) is 5. The summed E-state index contributed by atoms with van der Waals surface area (Å²) in [5, 5.41) is 13.6. The number of aromatic amines is 1. The van der Waals surface area contributed by atoms with Crippen molar-refractivity contribution in [2.75, 3.05) is 26.2 Å². The van der Waals surface area contributed by atoms with Gasteiger partial charge < -0.3 is 15.1 Å². The number of hydrogen-bond donors (Lipinski definition) is 3. The standard InChI is InChI=1S/C17H25F2N7O/c1-2-20-17(22-12-5-7-26(8-6-12)11-14(18)19)21-10-15-23-16(25-24-15)13-4-3-9-27-13/h3-4,9,12,14H,2,5-8,10-11H2,1H3,(H2,20,21,22)(H,23,24,25). The number of aliphatic imine (C=N–C) groups is 1. The highest BCUT2D eigenvalue weighted by Gasteiger charge is 2.22. The van der Waals surface area contributed by atoms with Gasteiger partial charge in [-0.25, -0.2) is 18.8 Å². The first-order valence-electron chi connectivity index (χ1n) is 9.14. The molecule has 1 saturated heterocycles. The van der Waals surface area contributed by atoms with Gasteiger partial charge in [0.1, 0.15) is 12.4 Å². The number of H-pyrrole nitrogens is 1. The van der Waals surface area contributed by atoms with Gasteiger partial charge in [0, 0.05) is 25.7 Å². The van der Waals surface area contributed by atoms with Crippen molar-refractivity contribution in [2.45, 2.75) is 38.8 Å². The molecule has 1 aliphatic rings. The molecular weight excluding hydrogens is 356 g/mol. The van der Waals surface area contributed by atoms with Gasteiger partial charge in [0.05, 0.1) is 12.8 Å². The van der Waals surface area contributed by atoms with E-state index >= 15 is 0 Å². The molecule has 3 N–H and O–H groups in total. The summed E-state index contributed by atoms with van der Waals surface area (Å²) < 4.78 is 30.2. The van der Waals surface area contributed by atoms with E-state index in [0.717, 1.165) is 19.4 Å². The Kier molecular flexibility index (Phi) is 6.74. The summed E-state index contributed by atoms with van der Waals surface area (Å²) >= 11 is 0. The molecule has 8 nitrogen and oxygen atoms in total. The van der Waals surface area contributed by atoms with Crippen LogP contribution in [-0.4, -0.2) is 64.7 Å². The molecule has 2 aromatic rings. The summed E-state index contributed by atoms with van der Waals surface area (Å²) in [6, 6.07) is 3.79. The zero-order valence-corrected chi connectivity index (χ0v) is 15.3. The van der Waals surface area contributed by atoms with Crippen LogP contribution in [0.4, 0.5) is 8.78 Å². The Bertz CT molecular complexity index is 709. The van der Waals surface area contributed by atoms with E-state index in [2.05, 4.69) is 30.8 Å². The second kappa shape index (κ2) is 9.45. The van der Waals surface area contributed by atoms with Crippen LogP contribution in [0.2, 0.25) is 0 Å². The van der Waals surface area contributed by atoms with Crippen molar-refractivity contribution in [3.63, 3.8) is 0 Å². The summed E-state index contributed by atoms with van der Waals surface area (Å²) in [6.45, 7) is 4.24. The molecule has 2 aromatic heterocycles. The van der Waals surface area contributed by atoms with Crippen LogP contribution < -0.4 is 10.6 Å². The van der Waals surface area contributed by atoms with Gasteiger partial charge in [0.2, 0.25) is 5.82 Å². The van der Waals surface area contributed by atoms with Crippen molar-refractivity contribution < 1.29 is 13.2 Å². The Morgan fingerprint density at radius 3 is 2.93 bits per heavy atom. The summed E-state index contributed by atoms with van der Waals surface area (Å²) in [6.07, 6.45) is 0.911. The predicted octanol–water partition coefficient (Wildman–Crippen LogP) is 1.85. The maximum absolute atomic E-state index is 12.5. The normalized spacial score (nSPS) is 16.8. The molecule has 0 spiro atoms. The monoisotopic (exact) mass is 381 g/mol. The van der Waals surface area contributed by atoms with Crippen LogP contribution >= 0.6 is 0 Å². The number of alkyl halides is 2. The number of nitrogens with zero attached hydrogens (tertiary/aromatic N) is 4. The van der Waals surface area contributed by atoms with E-state index in [1.54, 1.807) is 23.3 Å². The van der Waals surface area contributed by atoms with Crippen molar-refractivity contribution >= 4 is 5.96 Å². The smallest absolute Gasteiger partial charge is 0.251 e. The minimum atomic E-state index is -2.28. The van der Waals surface area contributed by atoms with Crippen LogP contribution in [0.5, 0.6) is 0 Å². The lowest BCUT2D eigenvalue weighted by molar-refractivity contribution is 0.0744. The summed E-state index contributed by atoms with van der Waals surface area (Å²) in [5.74, 6) is 2.41. The average molecular weight is 381 g/mol. The van der Waals surface area contributed by atoms with Crippen molar-refractivity contribution in [1.29, 1.82) is 0 Å². The first-order valence-corrected chi connectivity index (χ1v) is 9.14. The number of piperidine rings is 1. The Morgan fingerprint density at radius 1 is 1.44 bits per heavy atom. The number of nitrogens with one attached hydrogen (secondary N) is 3. The Balaban J connectivity index is 1.53. The molecule has 0 bridgehead atoms. The lowest BCUT2D eigenvalue weighted by atomic mass is 10.1. The van der Waals surface area contributed by atoms with E-state index in [9.17, 15) is 8.78 Å². The zero-order chi connectivity index (χ0) is 19.1. The number of rotatable bonds is 7. The van der Waals surface area contributed by atoms with Crippen molar-refractivity contribution in [3.05, 3.63) is 24.2 Å². The SMILES string of the molecule is CCNC(=NCc1nc(-c2ccco2)n[nH]1)NC1CCN(CC(F)F)CC1. The predicted molar refractivity (Wildman–Crippen MR) is 97.5 cm³/mol. The second-order valence-corrected chi connectivity index (χ2v) is 6.39. The van der Waals surface area contributed by atoms with Gasteiger partial charge in [-0.1, -0.05) is 0 Å². The largest absolute Gasteiger partial charge is 0.461 e. The fourth-order valence-corrected chi connectivity index (χ4v) is 3.00. The topological polar surface area (TPSA) is 94.4 Å². The van der Waals surface area contributed by atoms with Gasteiger partial charge in [-0.05, 0) is 31.9 Å². The Morgan fingerprint density at radius 2 is 2.26 bits per heavy atom. The minimum absolute atomic E-state index is 0.148. The number of likely N-dealkylation sites (tertiary alicyclic amines) is 1. The molecule has 0 unspecified atom stereocenters. The van der Waals surface area contributed by atoms with Crippen LogP contribution in [-0.2, 0) is 6.54 Å². The molecule has 3 rings (SSSR count). The first kappa shape index (κ1) is 19.3. The molecule has 0 saturated carbocycles. The van der Waals surface area contributed by atoms with Crippen LogP contribution in [0.3, 0.4) is 0 Å². The number of aromatic nitrogens is 3. The second-order valence-electron chi connectivity index (χ2n) is 6.39. The first-order chi connectivity index (χ1) is 13.1. The van der Waals surface area contributed by atoms with E-state index in [4.69, 9.17) is 4.42 Å². The molecule has 27 heavy (non-hydrogen) atoms. The number of guanidine groups is 1. The average Bonchev–Trinajstić information content (AvgIpc) is 3.32. The number of halogens is 2. The third-order valence-electron chi connectivity index (χ3n) is 4.33. The molecule has 148 valence electrons.